The quantitative estimate of drug-likeness (QED) is 0.247. The van der Waals surface area contributed by atoms with E-state index in [-0.39, 0.29) is 34.3 Å². The minimum atomic E-state index is -0.914. The molecule has 36 heavy (non-hydrogen) atoms. The summed E-state index contributed by atoms with van der Waals surface area (Å²) >= 11 is 0. The van der Waals surface area contributed by atoms with Crippen molar-refractivity contribution in [1.82, 2.24) is 10.0 Å². The monoisotopic (exact) mass is 492 g/mol. The number of carbonyl (C=O) groups is 4. The van der Waals surface area contributed by atoms with Crippen LogP contribution in [0.15, 0.2) is 48.5 Å². The summed E-state index contributed by atoms with van der Waals surface area (Å²) in [7, 11) is 0. The summed E-state index contributed by atoms with van der Waals surface area (Å²) in [6.45, 7) is -0.703. The Bertz CT molecular complexity index is 1300. The van der Waals surface area contributed by atoms with Gasteiger partial charge < -0.3 is 0 Å². The number of nitrogens with zero attached hydrogens (tertiary/aromatic N) is 4. The van der Waals surface area contributed by atoms with Crippen LogP contribution in [0.3, 0.4) is 0 Å². The van der Waals surface area contributed by atoms with Gasteiger partial charge in [-0.15, -0.1) is 0 Å². The molecule has 184 valence electrons. The number of non-ortho nitro benzene ring substituents is 2. The molecule has 4 atom stereocenters. The maximum absolute atomic E-state index is 13.5. The smallest absolute Gasteiger partial charge is 0.273 e. The minimum Gasteiger partial charge on any atom is -0.292 e. The fraction of sp³-hybridized carbons (Fsp3) is 0.333. The van der Waals surface area contributed by atoms with E-state index in [0.717, 1.165) is 47.5 Å². The number of fused-ring (bicyclic) bond motifs is 5. The van der Waals surface area contributed by atoms with Crippen molar-refractivity contribution in [2.24, 2.45) is 23.7 Å². The van der Waals surface area contributed by atoms with Gasteiger partial charge in [0.05, 0.1) is 21.7 Å². The molecule has 1 saturated heterocycles. The normalized spacial score (nSPS) is 24.1. The van der Waals surface area contributed by atoms with Gasteiger partial charge in [-0.25, -0.2) is 5.01 Å². The highest BCUT2D eigenvalue weighted by Crippen LogP contribution is 2.56. The Labute approximate surface area is 203 Å². The van der Waals surface area contributed by atoms with Crippen molar-refractivity contribution in [3.8, 4) is 0 Å². The van der Waals surface area contributed by atoms with Crippen molar-refractivity contribution in [2.45, 2.75) is 19.3 Å². The molecule has 0 spiro atoms. The van der Waals surface area contributed by atoms with E-state index in [0.29, 0.717) is 0 Å². The Hall–Kier alpha value is -4.48. The summed E-state index contributed by atoms with van der Waals surface area (Å²) in [6, 6.07) is 9.51. The molecule has 5 rings (SSSR count). The molecule has 1 heterocycles. The number of nitro groups is 2. The average Bonchev–Trinajstić information content (AvgIpc) is 3.56. The molecular weight excluding hydrogens is 472 g/mol. The number of Topliss-reactive ketones (excluding diaryl/α,β-unsaturated/α-hetero) is 1. The van der Waals surface area contributed by atoms with Gasteiger partial charge in [0.1, 0.15) is 6.54 Å². The van der Waals surface area contributed by atoms with Crippen LogP contribution in [-0.4, -0.2) is 49.9 Å². The lowest BCUT2D eigenvalue weighted by Crippen LogP contribution is -2.52. The number of benzene rings is 2. The Morgan fingerprint density at radius 3 is 2.00 bits per heavy atom. The van der Waals surface area contributed by atoms with Crippen LogP contribution in [0.2, 0.25) is 0 Å². The first-order valence-corrected chi connectivity index (χ1v) is 11.4. The molecule has 3 amide bonds. The van der Waals surface area contributed by atoms with Crippen molar-refractivity contribution >= 4 is 34.9 Å². The van der Waals surface area contributed by atoms with Crippen LogP contribution in [0, 0.1) is 43.9 Å². The van der Waals surface area contributed by atoms with Gasteiger partial charge in [-0.3, -0.25) is 39.4 Å². The number of carbonyl (C=O) groups excluding carboxylic acids is 4. The highest BCUT2D eigenvalue weighted by molar-refractivity contribution is 6.10. The summed E-state index contributed by atoms with van der Waals surface area (Å²) in [5.41, 5.74) is -0.723. The second-order valence-electron chi connectivity index (χ2n) is 9.27. The lowest BCUT2D eigenvalue weighted by Gasteiger charge is -2.30. The molecule has 0 unspecified atom stereocenters. The number of amides is 3. The molecule has 3 aliphatic rings. The van der Waals surface area contributed by atoms with Gasteiger partial charge in [0, 0.05) is 35.4 Å². The number of imide groups is 1. The van der Waals surface area contributed by atoms with Crippen LogP contribution in [0.1, 0.15) is 40.0 Å². The maximum Gasteiger partial charge on any atom is 0.273 e. The van der Waals surface area contributed by atoms with Gasteiger partial charge in [-0.05, 0) is 49.3 Å². The zero-order valence-corrected chi connectivity index (χ0v) is 18.8. The van der Waals surface area contributed by atoms with Crippen molar-refractivity contribution in [3.05, 3.63) is 79.9 Å². The number of hydrogen-bond donors (Lipinski definition) is 0. The first-order valence-electron chi connectivity index (χ1n) is 11.4. The fourth-order valence-corrected chi connectivity index (χ4v) is 5.76. The van der Waals surface area contributed by atoms with Crippen molar-refractivity contribution < 1.29 is 29.0 Å². The number of ketones is 1. The van der Waals surface area contributed by atoms with Crippen molar-refractivity contribution in [1.29, 1.82) is 0 Å². The molecule has 0 radical (unpaired) electrons. The summed E-state index contributed by atoms with van der Waals surface area (Å²) < 4.78 is 0. The molecule has 12 heteroatoms. The maximum atomic E-state index is 13.5. The molecule has 2 bridgehead atoms. The summed E-state index contributed by atoms with van der Waals surface area (Å²) in [6.07, 6.45) is 2.42. The molecule has 2 aromatic rings. The molecule has 2 aromatic carbocycles. The van der Waals surface area contributed by atoms with Gasteiger partial charge in [0.2, 0.25) is 0 Å². The third-order valence-electron chi connectivity index (χ3n) is 7.38. The Balaban J connectivity index is 1.50. The standard InChI is InChI=1S/C24H20N4O8/c29-19(13-6-8-17(9-7-13)27(33)34)12-25(22(30)16-2-1-3-18(11-16)28(35)36)26-23(31)20-14-4-5-15(10-14)21(20)24(26)32/h1-3,6-9,11,14-15,20-21H,4-5,10,12H2/t14-,15-,20-,21+/m0/s1. The van der Waals surface area contributed by atoms with Gasteiger partial charge in [-0.2, -0.15) is 5.01 Å². The van der Waals surface area contributed by atoms with E-state index in [9.17, 15) is 39.4 Å². The van der Waals surface area contributed by atoms with E-state index in [4.69, 9.17) is 0 Å². The molecule has 3 fully saturated rings. The van der Waals surface area contributed by atoms with E-state index in [2.05, 4.69) is 0 Å². The van der Waals surface area contributed by atoms with Crippen molar-refractivity contribution in [2.75, 3.05) is 6.54 Å². The number of hydrazine groups is 1. The Morgan fingerprint density at radius 1 is 0.861 bits per heavy atom. The van der Waals surface area contributed by atoms with Gasteiger partial charge in [0.15, 0.2) is 5.78 Å². The molecule has 0 N–H and O–H groups in total. The van der Waals surface area contributed by atoms with E-state index in [1.54, 1.807) is 0 Å². The largest absolute Gasteiger partial charge is 0.292 e. The van der Waals surface area contributed by atoms with Gasteiger partial charge in [-0.1, -0.05) is 6.07 Å². The van der Waals surface area contributed by atoms with Crippen LogP contribution in [0.25, 0.3) is 0 Å². The molecule has 2 aliphatic carbocycles. The molecule has 2 saturated carbocycles. The van der Waals surface area contributed by atoms with Crippen LogP contribution < -0.4 is 0 Å². The second-order valence-corrected chi connectivity index (χ2v) is 9.27. The van der Waals surface area contributed by atoms with E-state index in [1.165, 1.54) is 30.3 Å². The lowest BCUT2D eigenvalue weighted by molar-refractivity contribution is -0.385. The summed E-state index contributed by atoms with van der Waals surface area (Å²) in [4.78, 5) is 74.2. The van der Waals surface area contributed by atoms with Crippen LogP contribution >= 0.6 is 0 Å². The summed E-state index contributed by atoms with van der Waals surface area (Å²) in [5.74, 6) is -3.69. The highest BCUT2D eigenvalue weighted by Gasteiger charge is 2.62. The lowest BCUT2D eigenvalue weighted by atomic mass is 9.81. The predicted octanol–water partition coefficient (Wildman–Crippen LogP) is 2.77. The zero-order chi connectivity index (χ0) is 25.7. The zero-order valence-electron chi connectivity index (χ0n) is 18.8. The Kier molecular flexibility index (Phi) is 5.58. The fourth-order valence-electron chi connectivity index (χ4n) is 5.76. The number of hydrogen-bond acceptors (Lipinski definition) is 8. The molecule has 0 aromatic heterocycles. The third-order valence-corrected chi connectivity index (χ3v) is 7.38. The van der Waals surface area contributed by atoms with Gasteiger partial charge >= 0.3 is 0 Å². The average molecular weight is 492 g/mol. The number of rotatable bonds is 7. The van der Waals surface area contributed by atoms with Crippen molar-refractivity contribution in [3.63, 3.8) is 0 Å². The van der Waals surface area contributed by atoms with Crippen LogP contribution in [-0.2, 0) is 9.59 Å². The van der Waals surface area contributed by atoms with E-state index >= 15 is 0 Å². The predicted molar refractivity (Wildman–Crippen MR) is 121 cm³/mol. The third kappa shape index (κ3) is 3.70. The number of nitro benzene ring substituents is 2. The molecule has 1 aliphatic heterocycles. The highest BCUT2D eigenvalue weighted by atomic mass is 16.6. The van der Waals surface area contributed by atoms with Crippen LogP contribution in [0.4, 0.5) is 11.4 Å². The van der Waals surface area contributed by atoms with Gasteiger partial charge in [0.25, 0.3) is 29.1 Å². The SMILES string of the molecule is O=C(CN(C(=O)c1cccc([N+](=O)[O-])c1)N1C(=O)[C@@H]2[C@H]3CC[C@@H](C3)[C@@H]2C1=O)c1ccc([N+](=O)[O-])cc1. The topological polar surface area (TPSA) is 161 Å². The minimum absolute atomic E-state index is 0.0387. The first-order chi connectivity index (χ1) is 17.2. The van der Waals surface area contributed by atoms with E-state index < -0.39 is 51.7 Å². The molecule has 12 nitrogen and oxygen atoms in total. The summed E-state index contributed by atoms with van der Waals surface area (Å²) in [5, 5.41) is 23.6. The molecular formula is C24H20N4O8. The van der Waals surface area contributed by atoms with Crippen LogP contribution in [0.5, 0.6) is 0 Å². The Morgan fingerprint density at radius 2 is 1.44 bits per heavy atom. The van der Waals surface area contributed by atoms with E-state index in [1.807, 2.05) is 0 Å². The second kappa shape index (κ2) is 8.63. The first kappa shape index (κ1) is 23.3.